The van der Waals surface area contributed by atoms with Crippen molar-refractivity contribution in [2.45, 2.75) is 39.5 Å². The van der Waals surface area contributed by atoms with Crippen LogP contribution in [-0.4, -0.2) is 32.3 Å². The molecule has 2 aromatic carbocycles. The molecule has 156 valence electrons. The summed E-state index contributed by atoms with van der Waals surface area (Å²) in [6.45, 7) is 8.05. The average Bonchev–Trinajstić information content (AvgIpc) is 2.99. The van der Waals surface area contributed by atoms with E-state index < -0.39 is 5.41 Å². The van der Waals surface area contributed by atoms with Gasteiger partial charge in [0.15, 0.2) is 0 Å². The van der Waals surface area contributed by atoms with Gasteiger partial charge in [0.05, 0.1) is 23.9 Å². The lowest BCUT2D eigenvalue weighted by molar-refractivity contribution is -0.151. The SMILES string of the molecule is COC(=O)C(C)(C)C(c1ccc(C)c(CCl)c1)c1ccc2c(c1C)NN(C)N2C. The van der Waals surface area contributed by atoms with Crippen molar-refractivity contribution in [2.75, 3.05) is 31.6 Å². The van der Waals surface area contributed by atoms with Gasteiger partial charge in [0.1, 0.15) is 0 Å². The van der Waals surface area contributed by atoms with E-state index in [0.717, 1.165) is 39.2 Å². The second-order valence-electron chi connectivity index (χ2n) is 8.30. The van der Waals surface area contributed by atoms with Crippen molar-refractivity contribution in [2.24, 2.45) is 5.41 Å². The summed E-state index contributed by atoms with van der Waals surface area (Å²) in [6, 6.07) is 10.5. The molecule has 1 atom stereocenters. The van der Waals surface area contributed by atoms with Crippen LogP contribution in [0, 0.1) is 19.3 Å². The Morgan fingerprint density at radius 2 is 1.90 bits per heavy atom. The Hall–Kier alpha value is -2.24. The summed E-state index contributed by atoms with van der Waals surface area (Å²) in [6.07, 6.45) is 0. The molecule has 6 heteroatoms. The van der Waals surface area contributed by atoms with E-state index in [1.807, 2.05) is 33.1 Å². The van der Waals surface area contributed by atoms with Gasteiger partial charge >= 0.3 is 5.97 Å². The predicted molar refractivity (Wildman–Crippen MR) is 119 cm³/mol. The van der Waals surface area contributed by atoms with E-state index in [2.05, 4.69) is 54.6 Å². The fraction of sp³-hybridized carbons (Fsp3) is 0.435. The lowest BCUT2D eigenvalue weighted by Gasteiger charge is -2.34. The summed E-state index contributed by atoms with van der Waals surface area (Å²) in [5.41, 5.74) is 10.3. The van der Waals surface area contributed by atoms with Crippen LogP contribution >= 0.6 is 11.6 Å². The second-order valence-corrected chi connectivity index (χ2v) is 8.57. The number of nitrogens with zero attached hydrogens (tertiary/aromatic N) is 2. The first kappa shape index (κ1) is 21.5. The molecule has 0 aromatic heterocycles. The number of carbonyl (C=O) groups excluding carboxylic acids is 1. The van der Waals surface area contributed by atoms with E-state index in [1.54, 1.807) is 0 Å². The smallest absolute Gasteiger partial charge is 0.312 e. The van der Waals surface area contributed by atoms with Gasteiger partial charge in [0.2, 0.25) is 0 Å². The molecule has 3 rings (SSSR count). The minimum absolute atomic E-state index is 0.180. The third-order valence-corrected chi connectivity index (χ3v) is 6.44. The molecular formula is C23H30ClN3O2. The molecular weight excluding hydrogens is 386 g/mol. The zero-order valence-electron chi connectivity index (χ0n) is 18.3. The van der Waals surface area contributed by atoms with E-state index in [4.69, 9.17) is 16.3 Å². The van der Waals surface area contributed by atoms with Gasteiger partial charge in [-0.3, -0.25) is 15.2 Å². The summed E-state index contributed by atoms with van der Waals surface area (Å²) >= 11 is 6.19. The summed E-state index contributed by atoms with van der Waals surface area (Å²) in [4.78, 5) is 12.8. The molecule has 0 saturated carbocycles. The highest BCUT2D eigenvalue weighted by molar-refractivity contribution is 6.17. The number of anilines is 2. The Bertz CT molecular complexity index is 942. The lowest BCUT2D eigenvalue weighted by Crippen LogP contribution is -2.34. The van der Waals surface area contributed by atoms with Crippen molar-refractivity contribution in [1.29, 1.82) is 0 Å². The molecule has 0 amide bonds. The Labute approximate surface area is 178 Å². The highest BCUT2D eigenvalue weighted by atomic mass is 35.5. The number of methoxy groups -OCH3 is 1. The van der Waals surface area contributed by atoms with Crippen LogP contribution in [0.2, 0.25) is 0 Å². The van der Waals surface area contributed by atoms with E-state index in [1.165, 1.54) is 7.11 Å². The van der Waals surface area contributed by atoms with Crippen molar-refractivity contribution in [3.63, 3.8) is 0 Å². The minimum Gasteiger partial charge on any atom is -0.469 e. The average molecular weight is 416 g/mol. The third kappa shape index (κ3) is 3.58. The molecule has 1 N–H and O–H groups in total. The van der Waals surface area contributed by atoms with E-state index in [0.29, 0.717) is 5.88 Å². The quantitative estimate of drug-likeness (QED) is 0.550. The number of hydrazine groups is 2. The maximum atomic E-state index is 12.8. The number of hydrogen-bond acceptors (Lipinski definition) is 5. The van der Waals surface area contributed by atoms with Crippen LogP contribution in [-0.2, 0) is 15.4 Å². The molecule has 1 aliphatic rings. The molecule has 1 heterocycles. The van der Waals surface area contributed by atoms with Crippen LogP contribution in [0.1, 0.15) is 47.6 Å². The van der Waals surface area contributed by atoms with Gasteiger partial charge in [-0.15, -0.1) is 16.7 Å². The fourth-order valence-corrected chi connectivity index (χ4v) is 4.50. The first-order chi connectivity index (χ1) is 13.6. The molecule has 2 aromatic rings. The topological polar surface area (TPSA) is 44.8 Å². The van der Waals surface area contributed by atoms with E-state index in [-0.39, 0.29) is 11.9 Å². The van der Waals surface area contributed by atoms with Gasteiger partial charge in [-0.05, 0) is 61.6 Å². The minimum atomic E-state index is -0.761. The number of nitrogens with one attached hydrogen (secondary N) is 1. The summed E-state index contributed by atoms with van der Waals surface area (Å²) < 4.78 is 5.19. The molecule has 5 nitrogen and oxygen atoms in total. The molecule has 0 bridgehead atoms. The number of carbonyl (C=O) groups is 1. The molecule has 29 heavy (non-hydrogen) atoms. The van der Waals surface area contributed by atoms with Crippen LogP contribution in [0.25, 0.3) is 0 Å². The molecule has 1 aliphatic heterocycles. The van der Waals surface area contributed by atoms with E-state index in [9.17, 15) is 4.79 Å². The Morgan fingerprint density at radius 1 is 1.21 bits per heavy atom. The van der Waals surface area contributed by atoms with Crippen molar-refractivity contribution >= 4 is 28.9 Å². The molecule has 0 spiro atoms. The monoisotopic (exact) mass is 415 g/mol. The Balaban J connectivity index is 2.23. The highest BCUT2D eigenvalue weighted by Crippen LogP contribution is 2.47. The van der Waals surface area contributed by atoms with Crippen LogP contribution in [0.15, 0.2) is 30.3 Å². The van der Waals surface area contributed by atoms with Crippen molar-refractivity contribution in [1.82, 2.24) is 5.12 Å². The van der Waals surface area contributed by atoms with Gasteiger partial charge in [0, 0.05) is 25.9 Å². The third-order valence-electron chi connectivity index (χ3n) is 6.15. The number of hydrogen-bond donors (Lipinski definition) is 1. The Kier molecular flexibility index (Phi) is 5.84. The van der Waals surface area contributed by atoms with Crippen LogP contribution in [0.3, 0.4) is 0 Å². The standard InChI is InChI=1S/C23H30ClN3O2/c1-14-8-9-16(12-17(14)13-24)20(23(3,4)22(28)29-7)18-10-11-19-21(15(18)2)25-27(6)26(19)5/h8-12,20,25H,13H2,1-7H3. The number of alkyl halides is 1. The fourth-order valence-electron chi connectivity index (χ4n) is 4.22. The molecule has 1 unspecified atom stereocenters. The summed E-state index contributed by atoms with van der Waals surface area (Å²) in [5, 5.41) is 4.00. The van der Waals surface area contributed by atoms with E-state index >= 15 is 0 Å². The van der Waals surface area contributed by atoms with Crippen molar-refractivity contribution < 1.29 is 9.53 Å². The number of aryl methyl sites for hydroxylation is 1. The zero-order valence-corrected chi connectivity index (χ0v) is 19.0. The lowest BCUT2D eigenvalue weighted by atomic mass is 9.69. The maximum Gasteiger partial charge on any atom is 0.312 e. The highest BCUT2D eigenvalue weighted by Gasteiger charge is 2.41. The summed E-state index contributed by atoms with van der Waals surface area (Å²) in [7, 11) is 5.43. The van der Waals surface area contributed by atoms with Crippen LogP contribution in [0.4, 0.5) is 11.4 Å². The number of esters is 1. The predicted octanol–water partition coefficient (Wildman–Crippen LogP) is 5.00. The van der Waals surface area contributed by atoms with Gasteiger partial charge in [0.25, 0.3) is 0 Å². The number of benzene rings is 2. The van der Waals surface area contributed by atoms with Gasteiger partial charge in [-0.2, -0.15) is 0 Å². The molecule has 0 aliphatic carbocycles. The normalized spacial score (nSPS) is 15.1. The first-order valence-corrected chi connectivity index (χ1v) is 10.3. The maximum absolute atomic E-state index is 12.8. The number of halogens is 1. The Morgan fingerprint density at radius 3 is 2.52 bits per heavy atom. The van der Waals surface area contributed by atoms with Crippen molar-refractivity contribution in [3.05, 3.63) is 58.1 Å². The van der Waals surface area contributed by atoms with Crippen molar-refractivity contribution in [3.8, 4) is 0 Å². The second kappa shape index (κ2) is 7.88. The zero-order chi connectivity index (χ0) is 21.5. The largest absolute Gasteiger partial charge is 0.469 e. The van der Waals surface area contributed by atoms with Gasteiger partial charge in [-0.25, -0.2) is 0 Å². The number of rotatable bonds is 5. The van der Waals surface area contributed by atoms with Gasteiger partial charge < -0.3 is 4.74 Å². The van der Waals surface area contributed by atoms with Crippen LogP contribution in [0.5, 0.6) is 0 Å². The number of fused-ring (bicyclic) bond motifs is 1. The van der Waals surface area contributed by atoms with Gasteiger partial charge in [-0.1, -0.05) is 24.3 Å². The molecule has 0 fully saturated rings. The summed E-state index contributed by atoms with van der Waals surface area (Å²) in [5.74, 6) is 0.0177. The molecule has 0 radical (unpaired) electrons. The van der Waals surface area contributed by atoms with Crippen LogP contribution < -0.4 is 10.4 Å². The first-order valence-electron chi connectivity index (χ1n) is 9.74. The molecule has 0 saturated heterocycles. The number of ether oxygens (including phenoxy) is 1.